The molecule has 0 saturated carbocycles. The molecule has 0 radical (unpaired) electrons. The number of ether oxygens (including phenoxy) is 1. The van der Waals surface area contributed by atoms with Crippen LogP contribution >= 0.6 is 0 Å². The normalized spacial score (nSPS) is 17.0. The minimum atomic E-state index is -0.754. The van der Waals surface area contributed by atoms with Gasteiger partial charge in [0.15, 0.2) is 0 Å². The monoisotopic (exact) mass is 848 g/mol. The first-order valence-corrected chi connectivity index (χ1v) is 22.4. The molecule has 0 spiro atoms. The third-order valence-corrected chi connectivity index (χ3v) is 12.6. The van der Waals surface area contributed by atoms with Gasteiger partial charge >= 0.3 is 29.0 Å². The fourth-order valence-electron chi connectivity index (χ4n) is 9.30. The number of esters is 1. The van der Waals surface area contributed by atoms with Gasteiger partial charge < -0.3 is 24.9 Å². The van der Waals surface area contributed by atoms with Gasteiger partial charge in [-0.2, -0.15) is 0 Å². The van der Waals surface area contributed by atoms with Gasteiger partial charge in [0.25, 0.3) is 0 Å². The van der Waals surface area contributed by atoms with E-state index < -0.39 is 6.10 Å². The Hall–Kier alpha value is -4.18. The van der Waals surface area contributed by atoms with Gasteiger partial charge in [0.2, 0.25) is 0 Å². The number of rotatable bonds is 14. The standard InChI is InChI=1S/C53H68N4O4.Mg/c1-14-37-42-27-43-40(28-53(11,12)13)32(6)41(54-43)26-44-47(36(10)58)34(8)50(56-44)35(9)49-33(7)38(51(57-49)39-25-45(59)48(37)52(39)55-42)21-22-46(60)61-24-23-31(5)20-16-19-30(4)18-15-17-29(2)3;/h17,19,23,25-27,33,36,38,58H,14-16,18,20-22,24,28H2,1-13H3,(H-2,54,55,56,57,59);/q-2;+2/p-1/b30-19+,31-23+;/t33-,36?,38-;/m0./s1. The number of aryl methyl sites for hydroxylation is 3. The van der Waals surface area contributed by atoms with E-state index in [1.807, 2.05) is 32.1 Å². The Bertz CT molecular complexity index is 2530. The molecule has 1 aliphatic carbocycles. The molecular weight excluding hydrogens is 781 g/mol. The average Bonchev–Trinajstić information content (AvgIpc) is 3.95. The van der Waals surface area contributed by atoms with Gasteiger partial charge in [-0.3, -0.25) is 9.78 Å². The quantitative estimate of drug-likeness (QED) is 0.0966. The average molecular weight is 848 g/mol. The fraction of sp³-hybridized carbons (Fsp3) is 0.491. The Morgan fingerprint density at radius 3 is 2.19 bits per heavy atom. The van der Waals surface area contributed by atoms with Gasteiger partial charge in [0, 0.05) is 24.0 Å². The van der Waals surface area contributed by atoms with E-state index in [1.54, 1.807) is 13.0 Å². The van der Waals surface area contributed by atoms with Gasteiger partial charge in [0.1, 0.15) is 6.61 Å². The predicted octanol–water partition coefficient (Wildman–Crippen LogP) is 11.6. The SMILES string of the molecule is CCc1c2c3[n-]c1cc1nc(cc4[n-]c(c(C)c5nc(c3C=C2[O-])[C@@H](CCC(=O)OC/C=C(\C)CC/C=C(\C)CCC=C(C)C)[C@@H]5C)c(C)c4C(C)O)C(C)=C1CC(C)(C)C.[Mg+2]. The second-order valence-corrected chi connectivity index (χ2v) is 19.1. The minimum Gasteiger partial charge on any atom is -0.872 e. The topological polar surface area (TPSA) is 124 Å². The smallest absolute Gasteiger partial charge is 0.872 e. The molecule has 2 aliphatic heterocycles. The van der Waals surface area contributed by atoms with Crippen LogP contribution in [0.5, 0.6) is 0 Å². The van der Waals surface area contributed by atoms with Crippen LogP contribution in [0.1, 0.15) is 195 Å². The summed E-state index contributed by atoms with van der Waals surface area (Å²) < 4.78 is 5.76. The number of hydrogen-bond acceptors (Lipinski definition) is 6. The molecule has 62 heavy (non-hydrogen) atoms. The zero-order chi connectivity index (χ0) is 44.5. The predicted molar refractivity (Wildman–Crippen MR) is 255 cm³/mol. The second kappa shape index (κ2) is 20.1. The molecule has 0 amide bonds. The van der Waals surface area contributed by atoms with Crippen molar-refractivity contribution in [3.05, 3.63) is 103 Å². The summed E-state index contributed by atoms with van der Waals surface area (Å²) in [5, 5.41) is 25.2. The van der Waals surface area contributed by atoms with Crippen molar-refractivity contribution < 1.29 is 19.7 Å². The van der Waals surface area contributed by atoms with Crippen molar-refractivity contribution in [2.75, 3.05) is 6.61 Å². The van der Waals surface area contributed by atoms with Gasteiger partial charge in [0.05, 0.1) is 23.2 Å². The van der Waals surface area contributed by atoms with E-state index in [0.717, 1.165) is 105 Å². The number of fused-ring (bicyclic) bond motifs is 8. The van der Waals surface area contributed by atoms with E-state index in [-0.39, 0.29) is 65.1 Å². The van der Waals surface area contributed by atoms with E-state index in [1.165, 1.54) is 16.7 Å². The number of aromatic nitrogens is 4. The summed E-state index contributed by atoms with van der Waals surface area (Å²) in [5.74, 6) is -0.589. The van der Waals surface area contributed by atoms with Crippen LogP contribution in [0.2, 0.25) is 0 Å². The third-order valence-electron chi connectivity index (χ3n) is 12.6. The van der Waals surface area contributed by atoms with Crippen molar-refractivity contribution >= 4 is 74.1 Å². The van der Waals surface area contributed by atoms with Crippen LogP contribution in [0.15, 0.2) is 47.1 Å². The molecule has 1 unspecified atom stereocenters. The first-order chi connectivity index (χ1) is 28.8. The number of hydrogen-bond donors (Lipinski definition) is 1. The van der Waals surface area contributed by atoms with Crippen molar-refractivity contribution in [3.63, 3.8) is 0 Å². The molecule has 3 aromatic heterocycles. The number of nitrogens with zero attached hydrogens (tertiary/aromatic N) is 4. The molecule has 6 rings (SSSR count). The summed E-state index contributed by atoms with van der Waals surface area (Å²) in [6.07, 6.45) is 13.7. The minimum absolute atomic E-state index is 0. The molecule has 1 N–H and O–H groups in total. The number of carbonyl (C=O) groups excluding carboxylic acids is 1. The van der Waals surface area contributed by atoms with Crippen molar-refractivity contribution in [2.24, 2.45) is 5.41 Å². The number of aliphatic hydroxyl groups excluding tert-OH is 1. The summed E-state index contributed by atoms with van der Waals surface area (Å²) in [5.41, 5.74) is 17.2. The zero-order valence-corrected chi connectivity index (χ0v) is 41.1. The molecule has 3 aromatic rings. The van der Waals surface area contributed by atoms with Crippen molar-refractivity contribution in [1.29, 1.82) is 0 Å². The number of aliphatic hydroxyl groups is 1. The second-order valence-electron chi connectivity index (χ2n) is 19.1. The van der Waals surface area contributed by atoms with Crippen LogP contribution in [-0.4, -0.2) is 50.7 Å². The van der Waals surface area contributed by atoms with Crippen LogP contribution in [0.3, 0.4) is 0 Å². The van der Waals surface area contributed by atoms with Crippen LogP contribution in [0.25, 0.3) is 45.0 Å². The first kappa shape index (κ1) is 48.8. The number of allylic oxidation sites excluding steroid dienone is 7. The molecule has 9 heteroatoms. The molecule has 8 nitrogen and oxygen atoms in total. The van der Waals surface area contributed by atoms with Gasteiger partial charge in [-0.25, -0.2) is 4.98 Å². The largest absolute Gasteiger partial charge is 2.00 e. The van der Waals surface area contributed by atoms with Crippen LogP contribution in [0.4, 0.5) is 0 Å². The number of carbonyl (C=O) groups is 1. The molecular formula is C53H67MgN4O4-. The molecule has 0 aromatic carbocycles. The summed E-state index contributed by atoms with van der Waals surface area (Å²) in [4.78, 5) is 34.3. The molecule has 5 heterocycles. The first-order valence-electron chi connectivity index (χ1n) is 22.4. The Morgan fingerprint density at radius 2 is 1.55 bits per heavy atom. The van der Waals surface area contributed by atoms with E-state index in [4.69, 9.17) is 24.7 Å². The summed E-state index contributed by atoms with van der Waals surface area (Å²) in [6, 6.07) is 4.06. The molecule has 3 atom stereocenters. The maximum absolute atomic E-state index is 14.0. The van der Waals surface area contributed by atoms with Crippen LogP contribution in [-0.2, 0) is 16.0 Å². The van der Waals surface area contributed by atoms with E-state index in [2.05, 4.69) is 81.4 Å². The van der Waals surface area contributed by atoms with Gasteiger partial charge in [-0.05, 0) is 145 Å². The molecule has 8 bridgehead atoms. The van der Waals surface area contributed by atoms with Gasteiger partial charge in [-0.15, -0.1) is 27.8 Å². The summed E-state index contributed by atoms with van der Waals surface area (Å²) >= 11 is 0. The van der Waals surface area contributed by atoms with Gasteiger partial charge in [-0.1, -0.05) is 92.8 Å². The third kappa shape index (κ3) is 10.6. The van der Waals surface area contributed by atoms with Crippen molar-refractivity contribution in [3.8, 4) is 0 Å². The van der Waals surface area contributed by atoms with E-state index >= 15 is 0 Å². The Labute approximate surface area is 386 Å². The van der Waals surface area contributed by atoms with Crippen LogP contribution in [0, 0.1) is 19.3 Å². The molecule has 0 saturated heterocycles. The Morgan fingerprint density at radius 1 is 0.903 bits per heavy atom. The fourth-order valence-corrected chi connectivity index (χ4v) is 9.30. The zero-order valence-electron chi connectivity index (χ0n) is 39.7. The Balaban J connectivity index is 0.00000726. The molecule has 326 valence electrons. The van der Waals surface area contributed by atoms with Crippen LogP contribution < -0.4 is 15.1 Å². The summed E-state index contributed by atoms with van der Waals surface area (Å²) in [6.45, 7) is 27.6. The van der Waals surface area contributed by atoms with E-state index in [0.29, 0.717) is 29.4 Å². The molecule has 3 aliphatic rings. The Kier molecular flexibility index (Phi) is 15.8. The maximum Gasteiger partial charge on any atom is 2.00 e. The van der Waals surface area contributed by atoms with Crippen molar-refractivity contribution in [1.82, 2.24) is 19.9 Å². The maximum atomic E-state index is 14.0. The van der Waals surface area contributed by atoms with Crippen molar-refractivity contribution in [2.45, 2.75) is 159 Å². The summed E-state index contributed by atoms with van der Waals surface area (Å²) in [7, 11) is 0. The van der Waals surface area contributed by atoms with E-state index in [9.17, 15) is 15.0 Å². The molecule has 0 fully saturated rings.